The first-order valence-corrected chi connectivity index (χ1v) is 13.1. The highest BCUT2D eigenvalue weighted by Crippen LogP contribution is 2.35. The summed E-state index contributed by atoms with van der Waals surface area (Å²) in [5.41, 5.74) is 1.53. The third-order valence-electron chi connectivity index (χ3n) is 7.07. The number of anilines is 2. The van der Waals surface area contributed by atoms with Gasteiger partial charge in [0.05, 0.1) is 16.1 Å². The molecule has 6 rings (SSSR count). The van der Waals surface area contributed by atoms with E-state index in [1.165, 1.54) is 12.1 Å². The fraction of sp³-hybridized carbons (Fsp3) is 0.241. The third kappa shape index (κ3) is 5.15. The molecule has 1 aromatic heterocycles. The number of amides is 2. The zero-order chi connectivity index (χ0) is 27.1. The lowest BCUT2D eigenvalue weighted by molar-refractivity contribution is -0.131. The summed E-state index contributed by atoms with van der Waals surface area (Å²) in [5.74, 6) is 0.111. The van der Waals surface area contributed by atoms with E-state index in [4.69, 9.17) is 21.6 Å². The molecule has 39 heavy (non-hydrogen) atoms. The summed E-state index contributed by atoms with van der Waals surface area (Å²) in [6.07, 6.45) is 1.99. The fourth-order valence-corrected chi connectivity index (χ4v) is 4.64. The Labute approximate surface area is 228 Å². The molecule has 8 nitrogen and oxygen atoms in total. The lowest BCUT2D eigenvalue weighted by Crippen LogP contribution is -2.37. The van der Waals surface area contributed by atoms with Gasteiger partial charge in [-0.25, -0.2) is 14.4 Å². The molecule has 2 heterocycles. The molecule has 0 bridgehead atoms. The first-order chi connectivity index (χ1) is 18.8. The number of carbonyl (C=O) groups is 2. The largest absolute Gasteiger partial charge is 0.380 e. The Kier molecular flexibility index (Phi) is 6.40. The maximum Gasteiger partial charge on any atom is 0.257 e. The summed E-state index contributed by atoms with van der Waals surface area (Å²) in [7, 11) is 0. The van der Waals surface area contributed by atoms with Crippen LogP contribution < -0.4 is 15.5 Å². The number of hydrogen-bond donors (Lipinski definition) is 3. The van der Waals surface area contributed by atoms with Crippen LogP contribution in [-0.2, 0) is 11.3 Å². The molecule has 1 saturated heterocycles. The van der Waals surface area contributed by atoms with Gasteiger partial charge in [0.2, 0.25) is 0 Å². The van der Waals surface area contributed by atoms with E-state index in [1.807, 2.05) is 6.07 Å². The summed E-state index contributed by atoms with van der Waals surface area (Å²) in [5, 5.41) is 16.6. The van der Waals surface area contributed by atoms with Crippen LogP contribution in [0.25, 0.3) is 22.3 Å². The third-order valence-corrected chi connectivity index (χ3v) is 7.40. The molecule has 198 valence electrons. The molecule has 10 heteroatoms. The first kappa shape index (κ1) is 25.2. The second-order valence-corrected chi connectivity index (χ2v) is 10.3. The molecule has 2 aliphatic rings. The van der Waals surface area contributed by atoms with Crippen molar-refractivity contribution in [1.82, 2.24) is 15.3 Å². The Bertz CT molecular complexity index is 1600. The number of fused-ring (bicyclic) bond motifs is 1. The monoisotopic (exact) mass is 545 g/mol. The van der Waals surface area contributed by atoms with Crippen LogP contribution in [0, 0.1) is 5.82 Å². The molecule has 3 aromatic carbocycles. The molecule has 0 radical (unpaired) electrons. The van der Waals surface area contributed by atoms with E-state index in [0.29, 0.717) is 41.0 Å². The minimum atomic E-state index is -1.27. The van der Waals surface area contributed by atoms with E-state index < -0.39 is 17.4 Å². The van der Waals surface area contributed by atoms with Crippen molar-refractivity contribution in [3.63, 3.8) is 0 Å². The van der Waals surface area contributed by atoms with Gasteiger partial charge in [0, 0.05) is 36.3 Å². The van der Waals surface area contributed by atoms with E-state index >= 15 is 0 Å². The molecular weight excluding hydrogens is 521 g/mol. The van der Waals surface area contributed by atoms with E-state index in [-0.39, 0.29) is 22.9 Å². The molecule has 1 aliphatic heterocycles. The van der Waals surface area contributed by atoms with Gasteiger partial charge in [-0.15, -0.1) is 0 Å². The van der Waals surface area contributed by atoms with Gasteiger partial charge in [0.15, 0.2) is 5.82 Å². The SMILES string of the molecule is O=C(Nc1ccc2c(N3CCC3)nc(-c3ccc(F)cc3)nc2c1)c1cc(CNC(=O)C2(O)CC2)ccc1Cl. The highest BCUT2D eigenvalue weighted by molar-refractivity contribution is 6.34. The second-order valence-electron chi connectivity index (χ2n) is 9.93. The summed E-state index contributed by atoms with van der Waals surface area (Å²) in [6, 6.07) is 16.4. The first-order valence-electron chi connectivity index (χ1n) is 12.7. The van der Waals surface area contributed by atoms with Crippen LogP contribution in [0.4, 0.5) is 15.9 Å². The predicted octanol–water partition coefficient (Wildman–Crippen LogP) is 4.69. The van der Waals surface area contributed by atoms with Crippen LogP contribution in [0.3, 0.4) is 0 Å². The Hall–Kier alpha value is -4.08. The van der Waals surface area contributed by atoms with Gasteiger partial charge in [-0.3, -0.25) is 9.59 Å². The minimum absolute atomic E-state index is 0.164. The van der Waals surface area contributed by atoms with Crippen LogP contribution in [0.15, 0.2) is 60.7 Å². The van der Waals surface area contributed by atoms with Crippen molar-refractivity contribution < 1.29 is 19.1 Å². The molecule has 2 fully saturated rings. The van der Waals surface area contributed by atoms with Crippen molar-refractivity contribution in [1.29, 1.82) is 0 Å². The normalized spacial score (nSPS) is 15.5. The van der Waals surface area contributed by atoms with E-state index in [1.54, 1.807) is 42.5 Å². The van der Waals surface area contributed by atoms with E-state index in [0.717, 1.165) is 30.7 Å². The number of rotatable bonds is 7. The van der Waals surface area contributed by atoms with Crippen molar-refractivity contribution in [3.05, 3.63) is 82.6 Å². The van der Waals surface area contributed by atoms with Gasteiger partial charge in [-0.05, 0) is 79.4 Å². The van der Waals surface area contributed by atoms with Crippen LogP contribution in [0.2, 0.25) is 5.02 Å². The lowest BCUT2D eigenvalue weighted by atomic mass is 10.1. The van der Waals surface area contributed by atoms with Crippen molar-refractivity contribution in [2.75, 3.05) is 23.3 Å². The Morgan fingerprint density at radius 1 is 1.03 bits per heavy atom. The molecule has 1 saturated carbocycles. The van der Waals surface area contributed by atoms with Crippen LogP contribution in [-0.4, -0.2) is 45.6 Å². The molecule has 4 aromatic rings. The summed E-state index contributed by atoms with van der Waals surface area (Å²) in [4.78, 5) is 36.9. The van der Waals surface area contributed by atoms with E-state index in [2.05, 4.69) is 15.5 Å². The van der Waals surface area contributed by atoms with Crippen molar-refractivity contribution in [3.8, 4) is 11.4 Å². The number of nitrogens with one attached hydrogen (secondary N) is 2. The van der Waals surface area contributed by atoms with Gasteiger partial charge in [0.25, 0.3) is 11.8 Å². The maximum atomic E-state index is 13.5. The molecule has 3 N–H and O–H groups in total. The van der Waals surface area contributed by atoms with E-state index in [9.17, 15) is 19.1 Å². The predicted molar refractivity (Wildman–Crippen MR) is 147 cm³/mol. The molecule has 0 spiro atoms. The van der Waals surface area contributed by atoms with Crippen LogP contribution in [0.5, 0.6) is 0 Å². The van der Waals surface area contributed by atoms with Crippen LogP contribution in [0.1, 0.15) is 35.2 Å². The Morgan fingerprint density at radius 2 is 1.79 bits per heavy atom. The van der Waals surface area contributed by atoms with Crippen molar-refractivity contribution >= 4 is 45.8 Å². The van der Waals surface area contributed by atoms with Gasteiger partial charge in [-0.2, -0.15) is 0 Å². The van der Waals surface area contributed by atoms with Crippen LogP contribution >= 0.6 is 11.6 Å². The highest BCUT2D eigenvalue weighted by atomic mass is 35.5. The number of nitrogens with zero attached hydrogens (tertiary/aromatic N) is 3. The minimum Gasteiger partial charge on any atom is -0.380 e. The average molecular weight is 546 g/mol. The van der Waals surface area contributed by atoms with Gasteiger partial charge in [0.1, 0.15) is 17.2 Å². The topological polar surface area (TPSA) is 107 Å². The van der Waals surface area contributed by atoms with Gasteiger partial charge >= 0.3 is 0 Å². The molecule has 1 aliphatic carbocycles. The number of hydrogen-bond acceptors (Lipinski definition) is 6. The molecular formula is C29H25ClFN5O3. The zero-order valence-electron chi connectivity index (χ0n) is 20.9. The highest BCUT2D eigenvalue weighted by Gasteiger charge is 2.47. The zero-order valence-corrected chi connectivity index (χ0v) is 21.6. The maximum absolute atomic E-state index is 13.5. The average Bonchev–Trinajstić information content (AvgIpc) is 3.65. The van der Waals surface area contributed by atoms with Crippen molar-refractivity contribution in [2.24, 2.45) is 0 Å². The smallest absolute Gasteiger partial charge is 0.257 e. The fourth-order valence-electron chi connectivity index (χ4n) is 4.43. The van der Waals surface area contributed by atoms with Gasteiger partial charge in [-0.1, -0.05) is 17.7 Å². The summed E-state index contributed by atoms with van der Waals surface area (Å²) < 4.78 is 13.5. The standard InChI is InChI=1S/C29H25ClFN5O3/c30-23-9-2-17(16-32-28(38)29(39)10-11-29)14-22(23)27(37)33-20-7-8-21-24(15-20)34-25(18-3-5-19(31)6-4-18)35-26(21)36-12-1-13-36/h2-9,14-15,39H,1,10-13,16H2,(H,32,38)(H,33,37). The number of benzene rings is 3. The quantitative estimate of drug-likeness (QED) is 0.311. The molecule has 0 atom stereocenters. The number of aromatic nitrogens is 2. The Balaban J connectivity index is 1.26. The number of halogens is 2. The molecule has 2 amide bonds. The lowest BCUT2D eigenvalue weighted by Gasteiger charge is -2.33. The Morgan fingerprint density at radius 3 is 2.49 bits per heavy atom. The number of carbonyl (C=O) groups excluding carboxylic acids is 2. The molecule has 0 unspecified atom stereocenters. The summed E-state index contributed by atoms with van der Waals surface area (Å²) >= 11 is 6.33. The van der Waals surface area contributed by atoms with Crippen molar-refractivity contribution in [2.45, 2.75) is 31.4 Å². The van der Waals surface area contributed by atoms with Gasteiger partial charge < -0.3 is 20.6 Å². The summed E-state index contributed by atoms with van der Waals surface area (Å²) in [6.45, 7) is 1.95. The second kappa shape index (κ2) is 9.91. The number of aliphatic hydroxyl groups is 1.